The van der Waals surface area contributed by atoms with Gasteiger partial charge >= 0.3 is 5.97 Å². The van der Waals surface area contributed by atoms with Gasteiger partial charge in [-0.15, -0.1) is 0 Å². The van der Waals surface area contributed by atoms with E-state index in [4.69, 9.17) is 0 Å². The summed E-state index contributed by atoms with van der Waals surface area (Å²) in [5.74, 6) is -1.21. The molecule has 0 spiro atoms. The maximum Gasteiger partial charge on any atom is 0.338 e. The van der Waals surface area contributed by atoms with Crippen LogP contribution in [0.3, 0.4) is 0 Å². The zero-order valence-corrected chi connectivity index (χ0v) is 15.3. The smallest absolute Gasteiger partial charge is 0.338 e. The van der Waals surface area contributed by atoms with Gasteiger partial charge in [0.25, 0.3) is 0 Å². The van der Waals surface area contributed by atoms with Gasteiger partial charge in [-0.25, -0.2) is 9.18 Å². The van der Waals surface area contributed by atoms with Gasteiger partial charge in [-0.3, -0.25) is 0 Å². The summed E-state index contributed by atoms with van der Waals surface area (Å²) in [6.07, 6.45) is 5.47. The highest BCUT2D eigenvalue weighted by atomic mass is 19.1. The van der Waals surface area contributed by atoms with Gasteiger partial charge < -0.3 is 10.1 Å². The van der Waals surface area contributed by atoms with Crippen LogP contribution in [0.1, 0.15) is 71.3 Å². The average Bonchev–Trinajstić information content (AvgIpc) is 3.57. The molecule has 138 valence electrons. The van der Waals surface area contributed by atoms with Crippen molar-refractivity contribution in [2.75, 3.05) is 0 Å². The Morgan fingerprint density at radius 3 is 2.67 bits per heavy atom. The minimum Gasteiger partial charge on any atom is -0.478 e. The zero-order chi connectivity index (χ0) is 18.8. The molecule has 0 bridgehead atoms. The number of fused-ring (bicyclic) bond motifs is 1. The first-order valence-electron chi connectivity index (χ1n) is 9.61. The monoisotopic (exact) mass is 363 g/mol. The Kier molecular flexibility index (Phi) is 3.48. The number of benzene rings is 2. The normalized spacial score (nSPS) is 18.0. The summed E-state index contributed by atoms with van der Waals surface area (Å²) in [7, 11) is 0. The summed E-state index contributed by atoms with van der Waals surface area (Å²) in [5.41, 5.74) is 5.77. The van der Waals surface area contributed by atoms with E-state index in [-0.39, 0.29) is 11.0 Å². The Morgan fingerprint density at radius 2 is 2.00 bits per heavy atom. The van der Waals surface area contributed by atoms with Gasteiger partial charge in [0, 0.05) is 22.0 Å². The molecule has 0 atom stereocenters. The summed E-state index contributed by atoms with van der Waals surface area (Å²) in [4.78, 5) is 15.0. The molecule has 1 heterocycles. The molecule has 0 amide bonds. The molecule has 2 fully saturated rings. The van der Waals surface area contributed by atoms with Crippen molar-refractivity contribution in [3.63, 3.8) is 0 Å². The van der Waals surface area contributed by atoms with Crippen LogP contribution in [0.25, 0.3) is 10.9 Å². The lowest BCUT2D eigenvalue weighted by atomic mass is 9.93. The molecule has 3 nitrogen and oxygen atoms in total. The fourth-order valence-corrected chi connectivity index (χ4v) is 4.13. The molecule has 2 aliphatic carbocycles. The molecular weight excluding hydrogens is 341 g/mol. The van der Waals surface area contributed by atoms with Crippen molar-refractivity contribution in [2.24, 2.45) is 0 Å². The van der Waals surface area contributed by atoms with E-state index in [1.54, 1.807) is 6.07 Å². The molecule has 2 N–H and O–H groups in total. The number of rotatable bonds is 5. The third-order valence-electron chi connectivity index (χ3n) is 6.22. The van der Waals surface area contributed by atoms with E-state index in [2.05, 4.69) is 30.1 Å². The molecule has 2 saturated carbocycles. The quantitative estimate of drug-likeness (QED) is 0.627. The summed E-state index contributed by atoms with van der Waals surface area (Å²) >= 11 is 0. The first-order valence-corrected chi connectivity index (χ1v) is 9.61. The van der Waals surface area contributed by atoms with Crippen LogP contribution in [0.5, 0.6) is 0 Å². The average molecular weight is 363 g/mol. The summed E-state index contributed by atoms with van der Waals surface area (Å²) in [6, 6.07) is 11.1. The molecule has 0 saturated heterocycles. The summed E-state index contributed by atoms with van der Waals surface area (Å²) < 4.78 is 13.8. The van der Waals surface area contributed by atoms with Gasteiger partial charge in [0.1, 0.15) is 5.82 Å². The minimum atomic E-state index is -1.23. The van der Waals surface area contributed by atoms with Gasteiger partial charge in [-0.05, 0) is 72.9 Å². The number of aromatic nitrogens is 1. The Hall–Kier alpha value is -2.62. The lowest BCUT2D eigenvalue weighted by molar-refractivity contribution is 0.0691. The van der Waals surface area contributed by atoms with Crippen LogP contribution in [-0.4, -0.2) is 16.1 Å². The van der Waals surface area contributed by atoms with Gasteiger partial charge in [0.2, 0.25) is 0 Å². The van der Waals surface area contributed by atoms with Crippen LogP contribution >= 0.6 is 0 Å². The highest BCUT2D eigenvalue weighted by molar-refractivity contribution is 5.89. The minimum absolute atomic E-state index is 0.170. The molecule has 0 unspecified atom stereocenters. The largest absolute Gasteiger partial charge is 0.478 e. The van der Waals surface area contributed by atoms with E-state index in [0.717, 1.165) is 23.9 Å². The number of carbonyl (C=O) groups is 1. The van der Waals surface area contributed by atoms with Crippen molar-refractivity contribution in [2.45, 2.75) is 50.4 Å². The molecule has 2 aliphatic rings. The number of halogens is 1. The molecule has 27 heavy (non-hydrogen) atoms. The highest BCUT2D eigenvalue weighted by Crippen LogP contribution is 2.50. The predicted octanol–water partition coefficient (Wildman–Crippen LogP) is 5.52. The predicted molar refractivity (Wildman–Crippen MR) is 103 cm³/mol. The second-order valence-corrected chi connectivity index (χ2v) is 8.41. The number of hydrogen-bond acceptors (Lipinski definition) is 1. The first-order chi connectivity index (χ1) is 12.9. The molecule has 2 aromatic carbocycles. The van der Waals surface area contributed by atoms with Gasteiger partial charge in [-0.1, -0.05) is 25.1 Å². The second kappa shape index (κ2) is 5.69. The van der Waals surface area contributed by atoms with Crippen LogP contribution in [-0.2, 0) is 11.8 Å². The molecule has 0 aliphatic heterocycles. The lowest BCUT2D eigenvalue weighted by Crippen LogP contribution is -2.06. The number of carboxylic acids is 1. The van der Waals surface area contributed by atoms with E-state index in [0.29, 0.717) is 12.3 Å². The van der Waals surface area contributed by atoms with Crippen molar-refractivity contribution in [3.05, 3.63) is 70.2 Å². The number of H-pyrrole nitrogens is 1. The molecule has 5 rings (SSSR count). The second-order valence-electron chi connectivity index (χ2n) is 8.41. The van der Waals surface area contributed by atoms with Crippen molar-refractivity contribution < 1.29 is 14.3 Å². The van der Waals surface area contributed by atoms with Crippen LogP contribution in [0.2, 0.25) is 0 Å². The van der Waals surface area contributed by atoms with E-state index in [9.17, 15) is 14.3 Å². The Morgan fingerprint density at radius 1 is 1.22 bits per heavy atom. The standard InChI is InChI=1S/C23H22FNO2/c1-23(8-9-23)21-17(10-13-2-7-19(24)18(11-13)22(26)27)16-6-5-15(14-3-4-14)12-20(16)25-21/h2,5-7,11-12,14,25H,3-4,8-10H2,1H3,(H,26,27). The van der Waals surface area contributed by atoms with E-state index < -0.39 is 11.8 Å². The number of aromatic carboxylic acids is 1. The van der Waals surface area contributed by atoms with Crippen molar-refractivity contribution in [1.82, 2.24) is 4.98 Å². The SMILES string of the molecule is CC1(c2[nH]c3cc(C4CC4)ccc3c2Cc2ccc(F)c(C(=O)O)c2)CC1. The first kappa shape index (κ1) is 16.5. The molecule has 1 aromatic heterocycles. The Balaban J connectivity index is 1.61. The highest BCUT2D eigenvalue weighted by Gasteiger charge is 2.42. The maximum absolute atomic E-state index is 13.8. The molecule has 0 radical (unpaired) electrons. The third kappa shape index (κ3) is 2.84. The third-order valence-corrected chi connectivity index (χ3v) is 6.22. The number of nitrogens with one attached hydrogen (secondary N) is 1. The van der Waals surface area contributed by atoms with Gasteiger partial charge in [0.15, 0.2) is 0 Å². The van der Waals surface area contributed by atoms with Crippen LogP contribution < -0.4 is 0 Å². The summed E-state index contributed by atoms with van der Waals surface area (Å²) in [5, 5.41) is 10.4. The number of carboxylic acid groups (broad SMARTS) is 1. The van der Waals surface area contributed by atoms with E-state index in [1.807, 2.05) is 0 Å². The zero-order valence-electron chi connectivity index (χ0n) is 15.3. The van der Waals surface area contributed by atoms with Crippen LogP contribution in [0, 0.1) is 5.82 Å². The van der Waals surface area contributed by atoms with Crippen molar-refractivity contribution in [3.8, 4) is 0 Å². The lowest BCUT2D eigenvalue weighted by Gasteiger charge is -2.11. The van der Waals surface area contributed by atoms with Crippen molar-refractivity contribution in [1.29, 1.82) is 0 Å². The van der Waals surface area contributed by atoms with E-state index >= 15 is 0 Å². The van der Waals surface area contributed by atoms with Crippen LogP contribution in [0.4, 0.5) is 4.39 Å². The van der Waals surface area contributed by atoms with Crippen LogP contribution in [0.15, 0.2) is 36.4 Å². The molecular formula is C23H22FNO2. The Labute approximate surface area is 157 Å². The number of aromatic amines is 1. The van der Waals surface area contributed by atoms with E-state index in [1.165, 1.54) is 47.2 Å². The van der Waals surface area contributed by atoms with Gasteiger partial charge in [0.05, 0.1) is 5.56 Å². The van der Waals surface area contributed by atoms with Crippen molar-refractivity contribution >= 4 is 16.9 Å². The maximum atomic E-state index is 13.8. The Bertz CT molecular complexity index is 1070. The number of hydrogen-bond donors (Lipinski definition) is 2. The van der Waals surface area contributed by atoms with Gasteiger partial charge in [-0.2, -0.15) is 0 Å². The fourth-order valence-electron chi connectivity index (χ4n) is 4.13. The molecule has 4 heteroatoms. The summed E-state index contributed by atoms with van der Waals surface area (Å²) in [6.45, 7) is 2.27. The fraction of sp³-hybridized carbons (Fsp3) is 0.348. The molecule has 3 aromatic rings. The topological polar surface area (TPSA) is 53.1 Å².